The lowest BCUT2D eigenvalue weighted by Gasteiger charge is -2.10. The molecule has 0 spiro atoms. The lowest BCUT2D eigenvalue weighted by Crippen LogP contribution is -2.24. The zero-order chi connectivity index (χ0) is 17.0. The van der Waals surface area contributed by atoms with Crippen LogP contribution in [0.15, 0.2) is 39.9 Å². The van der Waals surface area contributed by atoms with Crippen LogP contribution in [-0.4, -0.2) is 16.4 Å². The lowest BCUT2D eigenvalue weighted by molar-refractivity contribution is 0.474. The van der Waals surface area contributed by atoms with Crippen LogP contribution in [-0.2, 0) is 0 Å². The number of nitrogens with one attached hydrogen (secondary N) is 2. The van der Waals surface area contributed by atoms with Gasteiger partial charge < -0.3 is 10.4 Å². The number of hydrogen-bond donors (Lipinski definition) is 3. The molecule has 0 aliphatic heterocycles. The monoisotopic (exact) mass is 431 g/mol. The number of anilines is 1. The molecule has 0 unspecified atom stereocenters. The maximum absolute atomic E-state index is 9.82. The molecule has 3 N–H and O–H groups in total. The summed E-state index contributed by atoms with van der Waals surface area (Å²) >= 11 is 20.3. The Hall–Kier alpha value is -1.34. The first-order valence-corrected chi connectivity index (χ1v) is 8.37. The van der Waals surface area contributed by atoms with Crippen LogP contribution < -0.4 is 10.7 Å². The van der Waals surface area contributed by atoms with Gasteiger partial charge in [-0.25, -0.2) is 0 Å². The zero-order valence-corrected chi connectivity index (χ0v) is 15.8. The van der Waals surface area contributed by atoms with Gasteiger partial charge in [-0.1, -0.05) is 39.1 Å². The summed E-state index contributed by atoms with van der Waals surface area (Å²) in [5.74, 6) is -0.0933. The SMILES string of the molecule is Cc1cc(Br)ccc1NC(=S)N/N=C\c1cc(Cl)cc(Cl)c1O. The number of nitrogens with zero attached hydrogens (tertiary/aromatic N) is 1. The molecule has 2 aromatic carbocycles. The molecular weight excluding hydrogens is 421 g/mol. The van der Waals surface area contributed by atoms with Crippen molar-refractivity contribution in [1.29, 1.82) is 0 Å². The summed E-state index contributed by atoms with van der Waals surface area (Å²) in [7, 11) is 0. The van der Waals surface area contributed by atoms with Gasteiger partial charge in [0, 0.05) is 20.7 Å². The Balaban J connectivity index is 2.02. The molecule has 0 saturated heterocycles. The van der Waals surface area contributed by atoms with Gasteiger partial charge >= 0.3 is 0 Å². The number of benzene rings is 2. The average Bonchev–Trinajstić information content (AvgIpc) is 2.47. The highest BCUT2D eigenvalue weighted by Crippen LogP contribution is 2.29. The second-order valence-corrected chi connectivity index (χ2v) is 6.78. The summed E-state index contributed by atoms with van der Waals surface area (Å²) in [5, 5.41) is 17.7. The van der Waals surface area contributed by atoms with Crippen molar-refractivity contribution in [2.45, 2.75) is 6.92 Å². The van der Waals surface area contributed by atoms with E-state index in [1.54, 1.807) is 6.07 Å². The predicted octanol–water partition coefficient (Wildman–Crippen LogP) is 5.09. The molecule has 8 heteroatoms. The van der Waals surface area contributed by atoms with Crippen LogP contribution in [0.3, 0.4) is 0 Å². The van der Waals surface area contributed by atoms with Crippen LogP contribution in [0.25, 0.3) is 0 Å². The lowest BCUT2D eigenvalue weighted by atomic mass is 10.2. The molecule has 2 aromatic rings. The summed E-state index contributed by atoms with van der Waals surface area (Å²) in [6.45, 7) is 1.96. The van der Waals surface area contributed by atoms with Gasteiger partial charge in [0.1, 0.15) is 5.75 Å². The van der Waals surface area contributed by atoms with Crippen molar-refractivity contribution < 1.29 is 5.11 Å². The molecule has 23 heavy (non-hydrogen) atoms. The van der Waals surface area contributed by atoms with Gasteiger partial charge in [-0.3, -0.25) is 5.43 Å². The van der Waals surface area contributed by atoms with E-state index < -0.39 is 0 Å². The predicted molar refractivity (Wildman–Crippen MR) is 104 cm³/mol. The molecule has 0 fully saturated rings. The van der Waals surface area contributed by atoms with E-state index in [2.05, 4.69) is 31.8 Å². The molecule has 0 bridgehead atoms. The van der Waals surface area contributed by atoms with Crippen LogP contribution in [0.5, 0.6) is 5.75 Å². The highest BCUT2D eigenvalue weighted by atomic mass is 79.9. The molecule has 2 rings (SSSR count). The molecule has 0 saturated carbocycles. The van der Waals surface area contributed by atoms with Crippen molar-refractivity contribution in [2.75, 3.05) is 5.32 Å². The van der Waals surface area contributed by atoms with Crippen LogP contribution in [0.2, 0.25) is 10.0 Å². The molecular formula is C15H12BrCl2N3OS. The number of phenolic OH excluding ortho intramolecular Hbond substituents is 1. The van der Waals surface area contributed by atoms with Crippen molar-refractivity contribution in [1.82, 2.24) is 5.43 Å². The fourth-order valence-corrected chi connectivity index (χ4v) is 2.91. The Bertz CT molecular complexity index is 784. The summed E-state index contributed by atoms with van der Waals surface area (Å²) < 4.78 is 0.991. The number of thiocarbonyl (C=S) groups is 1. The number of phenols is 1. The van der Waals surface area contributed by atoms with Gasteiger partial charge in [-0.2, -0.15) is 5.10 Å². The molecule has 0 atom stereocenters. The number of aryl methyl sites for hydroxylation is 1. The smallest absolute Gasteiger partial charge is 0.191 e. The van der Waals surface area contributed by atoms with E-state index in [4.69, 9.17) is 35.4 Å². The molecule has 0 aliphatic carbocycles. The average molecular weight is 433 g/mol. The van der Waals surface area contributed by atoms with Crippen molar-refractivity contribution in [3.63, 3.8) is 0 Å². The van der Waals surface area contributed by atoms with Crippen LogP contribution in [0, 0.1) is 6.92 Å². The third-order valence-corrected chi connectivity index (χ3v) is 4.06. The van der Waals surface area contributed by atoms with Crippen LogP contribution >= 0.6 is 51.3 Å². The normalized spacial score (nSPS) is 10.8. The number of halogens is 3. The third kappa shape index (κ3) is 5.07. The maximum atomic E-state index is 9.82. The zero-order valence-electron chi connectivity index (χ0n) is 11.9. The largest absolute Gasteiger partial charge is 0.506 e. The molecule has 120 valence electrons. The van der Waals surface area contributed by atoms with Gasteiger partial charge in [0.15, 0.2) is 5.11 Å². The highest BCUT2D eigenvalue weighted by Gasteiger charge is 2.06. The van der Waals surface area contributed by atoms with Crippen molar-refractivity contribution >= 4 is 68.4 Å². The first-order valence-electron chi connectivity index (χ1n) is 6.41. The summed E-state index contributed by atoms with van der Waals surface area (Å²) in [6, 6.07) is 8.78. The van der Waals surface area contributed by atoms with E-state index in [9.17, 15) is 5.11 Å². The molecule has 0 aromatic heterocycles. The first-order chi connectivity index (χ1) is 10.9. The summed E-state index contributed by atoms with van der Waals surface area (Å²) in [6.07, 6.45) is 1.38. The number of hydrogen-bond acceptors (Lipinski definition) is 3. The Labute approximate surface area is 157 Å². The van der Waals surface area contributed by atoms with E-state index >= 15 is 0 Å². The van der Waals surface area contributed by atoms with E-state index in [-0.39, 0.29) is 10.8 Å². The minimum atomic E-state index is -0.0933. The fraction of sp³-hybridized carbons (Fsp3) is 0.0667. The van der Waals surface area contributed by atoms with Gasteiger partial charge in [-0.15, -0.1) is 0 Å². The second-order valence-electron chi connectivity index (χ2n) is 4.61. The Morgan fingerprint density at radius 2 is 2.04 bits per heavy atom. The van der Waals surface area contributed by atoms with Crippen LogP contribution in [0.1, 0.15) is 11.1 Å². The molecule has 0 radical (unpaired) electrons. The standard InChI is InChI=1S/C15H12BrCl2N3OS/c1-8-4-10(16)2-3-13(8)20-15(23)21-19-7-9-5-11(17)6-12(18)14(9)22/h2-7,22H,1H3,(H2,20,21,23)/b19-7-. The summed E-state index contributed by atoms with van der Waals surface area (Å²) in [4.78, 5) is 0. The van der Waals surface area contributed by atoms with Gasteiger partial charge in [0.2, 0.25) is 0 Å². The van der Waals surface area contributed by atoms with E-state index in [0.717, 1.165) is 15.7 Å². The fourth-order valence-electron chi connectivity index (χ4n) is 1.76. The van der Waals surface area contributed by atoms with Crippen LogP contribution in [0.4, 0.5) is 5.69 Å². The molecule has 4 nitrogen and oxygen atoms in total. The number of hydrazone groups is 1. The Kier molecular flexibility index (Phi) is 6.24. The topological polar surface area (TPSA) is 56.7 Å². The molecule has 0 heterocycles. The summed E-state index contributed by atoms with van der Waals surface area (Å²) in [5.41, 5.74) is 4.96. The minimum Gasteiger partial charge on any atom is -0.506 e. The number of aromatic hydroxyl groups is 1. The molecule has 0 aliphatic rings. The van der Waals surface area contributed by atoms with E-state index in [1.165, 1.54) is 12.3 Å². The Morgan fingerprint density at radius 3 is 2.74 bits per heavy atom. The van der Waals surface area contributed by atoms with Crippen molar-refractivity contribution in [3.8, 4) is 5.75 Å². The van der Waals surface area contributed by atoms with E-state index in [1.807, 2.05) is 25.1 Å². The third-order valence-electron chi connectivity index (χ3n) is 2.86. The van der Waals surface area contributed by atoms with Crippen molar-refractivity contribution in [3.05, 3.63) is 56.0 Å². The molecule has 0 amide bonds. The van der Waals surface area contributed by atoms with Gasteiger partial charge in [0.25, 0.3) is 0 Å². The Morgan fingerprint density at radius 1 is 1.30 bits per heavy atom. The quantitative estimate of drug-likeness (QED) is 0.359. The highest BCUT2D eigenvalue weighted by molar-refractivity contribution is 9.10. The minimum absolute atomic E-state index is 0.0933. The number of rotatable bonds is 3. The first kappa shape index (κ1) is 18.0. The second kappa shape index (κ2) is 7.97. The van der Waals surface area contributed by atoms with Crippen molar-refractivity contribution in [2.24, 2.45) is 5.10 Å². The van der Waals surface area contributed by atoms with Gasteiger partial charge in [0.05, 0.1) is 11.2 Å². The maximum Gasteiger partial charge on any atom is 0.191 e. The van der Waals surface area contributed by atoms with Gasteiger partial charge in [-0.05, 0) is 55.0 Å². The van der Waals surface area contributed by atoms with E-state index in [0.29, 0.717) is 15.7 Å².